The first kappa shape index (κ1) is 15.6. The van der Waals surface area contributed by atoms with Crippen molar-refractivity contribution in [1.29, 1.82) is 0 Å². The van der Waals surface area contributed by atoms with Gasteiger partial charge in [-0.3, -0.25) is 0 Å². The van der Waals surface area contributed by atoms with E-state index in [4.69, 9.17) is 9.84 Å². The van der Waals surface area contributed by atoms with Gasteiger partial charge in [-0.1, -0.05) is 0 Å². The lowest BCUT2D eigenvalue weighted by molar-refractivity contribution is 0.0217. The van der Waals surface area contributed by atoms with Crippen LogP contribution in [0.1, 0.15) is 36.7 Å². The molecule has 1 saturated heterocycles. The molecule has 1 atom stereocenters. The van der Waals surface area contributed by atoms with E-state index in [9.17, 15) is 9.59 Å². The van der Waals surface area contributed by atoms with E-state index in [1.54, 1.807) is 17.0 Å². The Labute approximate surface area is 135 Å². The number of amides is 1. The molecule has 1 aromatic carbocycles. The summed E-state index contributed by atoms with van der Waals surface area (Å²) in [6.07, 6.45) is 0.481. The largest absolute Gasteiger partial charge is 0.478 e. The van der Waals surface area contributed by atoms with E-state index in [1.807, 2.05) is 26.8 Å². The van der Waals surface area contributed by atoms with E-state index >= 15 is 0 Å². The molecule has 2 heterocycles. The summed E-state index contributed by atoms with van der Waals surface area (Å²) in [5, 5.41) is 9.11. The van der Waals surface area contributed by atoms with Gasteiger partial charge in [-0.05, 0) is 51.0 Å². The van der Waals surface area contributed by atoms with E-state index in [0.29, 0.717) is 18.7 Å². The molecule has 0 aliphatic carbocycles. The van der Waals surface area contributed by atoms with Crippen LogP contribution in [-0.2, 0) is 11.2 Å². The monoisotopic (exact) mass is 318 g/mol. The number of nitrogens with zero attached hydrogens (tertiary/aromatic N) is 2. The van der Waals surface area contributed by atoms with E-state index in [-0.39, 0.29) is 12.1 Å². The summed E-state index contributed by atoms with van der Waals surface area (Å²) >= 11 is 0. The zero-order valence-electron chi connectivity index (χ0n) is 13.7. The van der Waals surface area contributed by atoms with Crippen molar-refractivity contribution in [2.75, 3.05) is 24.5 Å². The second-order valence-corrected chi connectivity index (χ2v) is 7.13. The second kappa shape index (κ2) is 5.44. The van der Waals surface area contributed by atoms with Crippen LogP contribution in [0.25, 0.3) is 0 Å². The van der Waals surface area contributed by atoms with Crippen LogP contribution in [0.15, 0.2) is 18.2 Å². The van der Waals surface area contributed by atoms with Crippen LogP contribution in [0.4, 0.5) is 10.5 Å². The Bertz CT molecular complexity index is 650. The highest BCUT2D eigenvalue weighted by atomic mass is 16.6. The number of hydrogen-bond donors (Lipinski definition) is 1. The summed E-state index contributed by atoms with van der Waals surface area (Å²) in [6, 6.07) is 5.45. The van der Waals surface area contributed by atoms with Gasteiger partial charge >= 0.3 is 12.1 Å². The van der Waals surface area contributed by atoms with Crippen LogP contribution in [-0.4, -0.2) is 53.3 Å². The van der Waals surface area contributed by atoms with Gasteiger partial charge in [-0.2, -0.15) is 0 Å². The van der Waals surface area contributed by atoms with Gasteiger partial charge in [0.15, 0.2) is 0 Å². The Morgan fingerprint density at radius 1 is 1.26 bits per heavy atom. The van der Waals surface area contributed by atoms with Gasteiger partial charge in [0.25, 0.3) is 0 Å². The fraction of sp³-hybridized carbons (Fsp3) is 0.529. The fourth-order valence-corrected chi connectivity index (χ4v) is 3.26. The Kier molecular flexibility index (Phi) is 3.70. The third-order valence-corrected chi connectivity index (χ3v) is 4.23. The molecular weight excluding hydrogens is 296 g/mol. The molecule has 23 heavy (non-hydrogen) atoms. The third kappa shape index (κ3) is 3.11. The van der Waals surface area contributed by atoms with E-state index in [2.05, 4.69) is 4.90 Å². The minimum absolute atomic E-state index is 0.190. The number of benzene rings is 1. The van der Waals surface area contributed by atoms with Crippen molar-refractivity contribution in [2.45, 2.75) is 38.8 Å². The highest BCUT2D eigenvalue weighted by molar-refractivity contribution is 5.89. The van der Waals surface area contributed by atoms with Crippen LogP contribution >= 0.6 is 0 Å². The second-order valence-electron chi connectivity index (χ2n) is 7.13. The molecule has 0 radical (unpaired) electrons. The molecule has 1 N–H and O–H groups in total. The molecule has 6 heteroatoms. The summed E-state index contributed by atoms with van der Waals surface area (Å²) in [4.78, 5) is 27.3. The molecule has 2 aliphatic heterocycles. The maximum absolute atomic E-state index is 12.2. The number of anilines is 1. The first-order valence-electron chi connectivity index (χ1n) is 7.85. The number of fused-ring (bicyclic) bond motifs is 3. The van der Waals surface area contributed by atoms with Crippen LogP contribution < -0.4 is 4.90 Å². The molecule has 0 spiro atoms. The van der Waals surface area contributed by atoms with Gasteiger partial charge in [0.05, 0.1) is 11.6 Å². The molecule has 1 unspecified atom stereocenters. The molecule has 1 aromatic rings. The molecule has 124 valence electrons. The van der Waals surface area contributed by atoms with Gasteiger partial charge in [0, 0.05) is 25.3 Å². The van der Waals surface area contributed by atoms with Crippen molar-refractivity contribution in [3.8, 4) is 0 Å². The van der Waals surface area contributed by atoms with Crippen molar-refractivity contribution in [3.63, 3.8) is 0 Å². The number of carbonyl (C=O) groups excluding carboxylic acids is 1. The van der Waals surface area contributed by atoms with Gasteiger partial charge in [-0.15, -0.1) is 0 Å². The Hall–Kier alpha value is -2.24. The number of aromatic carboxylic acids is 1. The molecule has 2 aliphatic rings. The quantitative estimate of drug-likeness (QED) is 0.861. The zero-order chi connectivity index (χ0) is 16.8. The number of piperazine rings is 1. The highest BCUT2D eigenvalue weighted by Gasteiger charge is 2.37. The molecule has 1 amide bonds. The Balaban J connectivity index is 1.72. The van der Waals surface area contributed by atoms with Crippen molar-refractivity contribution in [2.24, 2.45) is 0 Å². The fourth-order valence-electron chi connectivity index (χ4n) is 3.26. The number of carboxylic acid groups (broad SMARTS) is 1. The molecule has 0 bridgehead atoms. The predicted molar refractivity (Wildman–Crippen MR) is 86.0 cm³/mol. The lowest BCUT2D eigenvalue weighted by Crippen LogP contribution is -2.54. The SMILES string of the molecule is CC(C)(C)OC(=O)N1CCN2c3ccc(C(=O)O)cc3CC2C1. The summed E-state index contributed by atoms with van der Waals surface area (Å²) in [6.45, 7) is 7.54. The van der Waals surface area contributed by atoms with Gasteiger partial charge in [0.2, 0.25) is 0 Å². The maximum atomic E-state index is 12.2. The number of rotatable bonds is 1. The standard InChI is InChI=1S/C17H22N2O4/c1-17(2,3)23-16(22)18-6-7-19-13(10-18)9-12-8-11(15(20)21)4-5-14(12)19/h4-5,8,13H,6-7,9-10H2,1-3H3,(H,20,21). The molecule has 6 nitrogen and oxygen atoms in total. The van der Waals surface area contributed by atoms with Crippen LogP contribution in [0.5, 0.6) is 0 Å². The number of ether oxygens (including phenoxy) is 1. The van der Waals surface area contributed by atoms with Crippen molar-refractivity contribution < 1.29 is 19.4 Å². The van der Waals surface area contributed by atoms with E-state index in [0.717, 1.165) is 24.2 Å². The van der Waals surface area contributed by atoms with Gasteiger partial charge in [-0.25, -0.2) is 9.59 Å². The summed E-state index contributed by atoms with van der Waals surface area (Å²) in [7, 11) is 0. The lowest BCUT2D eigenvalue weighted by atomic mass is 10.1. The van der Waals surface area contributed by atoms with Crippen LogP contribution in [0.2, 0.25) is 0 Å². The summed E-state index contributed by atoms with van der Waals surface area (Å²) in [5.74, 6) is -0.909. The van der Waals surface area contributed by atoms with Crippen molar-refractivity contribution in [3.05, 3.63) is 29.3 Å². The van der Waals surface area contributed by atoms with Gasteiger partial charge in [0.1, 0.15) is 5.60 Å². The Morgan fingerprint density at radius 2 is 2.00 bits per heavy atom. The minimum atomic E-state index is -0.909. The van der Waals surface area contributed by atoms with Crippen molar-refractivity contribution in [1.82, 2.24) is 4.90 Å². The first-order chi connectivity index (χ1) is 10.7. The normalized spacial score (nSPS) is 20.0. The van der Waals surface area contributed by atoms with E-state index < -0.39 is 11.6 Å². The third-order valence-electron chi connectivity index (χ3n) is 4.23. The number of carbonyl (C=O) groups is 2. The van der Waals surface area contributed by atoms with Gasteiger partial charge < -0.3 is 19.6 Å². The van der Waals surface area contributed by atoms with Crippen LogP contribution in [0.3, 0.4) is 0 Å². The number of carboxylic acids is 1. The average molecular weight is 318 g/mol. The summed E-state index contributed by atoms with van der Waals surface area (Å²) in [5.41, 5.74) is 1.95. The summed E-state index contributed by atoms with van der Waals surface area (Å²) < 4.78 is 5.44. The molecule has 3 rings (SSSR count). The highest BCUT2D eigenvalue weighted by Crippen LogP contribution is 2.35. The first-order valence-corrected chi connectivity index (χ1v) is 7.85. The molecule has 0 saturated carbocycles. The van der Waals surface area contributed by atoms with E-state index in [1.165, 1.54) is 0 Å². The predicted octanol–water partition coefficient (Wildman–Crippen LogP) is 2.37. The molecule has 0 aromatic heterocycles. The maximum Gasteiger partial charge on any atom is 0.410 e. The smallest absolute Gasteiger partial charge is 0.410 e. The zero-order valence-corrected chi connectivity index (χ0v) is 13.7. The average Bonchev–Trinajstić information content (AvgIpc) is 2.81. The van der Waals surface area contributed by atoms with Crippen LogP contribution in [0, 0.1) is 0 Å². The topological polar surface area (TPSA) is 70.1 Å². The number of hydrogen-bond acceptors (Lipinski definition) is 4. The minimum Gasteiger partial charge on any atom is -0.478 e. The lowest BCUT2D eigenvalue weighted by Gasteiger charge is -2.39. The Morgan fingerprint density at radius 3 is 2.65 bits per heavy atom. The molecule has 1 fully saturated rings. The van der Waals surface area contributed by atoms with Crippen molar-refractivity contribution >= 4 is 17.7 Å². The molecular formula is C17H22N2O4.